The molecule has 3 rings (SSSR count). The van der Waals surface area contributed by atoms with E-state index in [1.165, 1.54) is 0 Å². The molecule has 6 nitrogen and oxygen atoms in total. The highest BCUT2D eigenvalue weighted by Gasteiger charge is 2.18. The van der Waals surface area contributed by atoms with Crippen molar-refractivity contribution < 1.29 is 9.21 Å². The number of benzene rings is 1. The quantitative estimate of drug-likeness (QED) is 0.897. The molecule has 0 saturated carbocycles. The van der Waals surface area contributed by atoms with Crippen LogP contribution in [0.3, 0.4) is 0 Å². The van der Waals surface area contributed by atoms with E-state index in [1.807, 2.05) is 54.8 Å². The van der Waals surface area contributed by atoms with E-state index in [4.69, 9.17) is 4.42 Å². The monoisotopic (exact) mass is 346 g/mol. The Morgan fingerprint density at radius 2 is 2.12 bits per heavy atom. The molecule has 0 atom stereocenters. The summed E-state index contributed by atoms with van der Waals surface area (Å²) in [4.78, 5) is 14.5. The Morgan fingerprint density at radius 1 is 1.33 bits per heavy atom. The zero-order valence-corrected chi connectivity index (χ0v) is 14.8. The van der Waals surface area contributed by atoms with E-state index in [0.717, 1.165) is 30.3 Å². The highest BCUT2D eigenvalue weighted by molar-refractivity contribution is 7.99. The van der Waals surface area contributed by atoms with Gasteiger partial charge < -0.3 is 14.6 Å². The van der Waals surface area contributed by atoms with Crippen molar-refractivity contribution in [3.05, 3.63) is 41.6 Å². The lowest BCUT2D eigenvalue weighted by atomic mass is 10.1. The highest BCUT2D eigenvalue weighted by atomic mass is 32.2. The Hall–Kier alpha value is -2.02. The van der Waals surface area contributed by atoms with Crippen LogP contribution in [0.4, 0.5) is 5.69 Å². The molecule has 1 aromatic heterocycles. The molecular weight excluding hydrogens is 324 g/mol. The Labute approximate surface area is 146 Å². The largest absolute Gasteiger partial charge is 0.423 e. The van der Waals surface area contributed by atoms with Crippen LogP contribution in [-0.2, 0) is 6.54 Å². The van der Waals surface area contributed by atoms with Gasteiger partial charge in [-0.1, -0.05) is 19.9 Å². The Morgan fingerprint density at radius 3 is 2.83 bits per heavy atom. The fraction of sp³-hybridized carbons (Fsp3) is 0.471. The number of carbonyl (C=O) groups is 1. The van der Waals surface area contributed by atoms with Crippen LogP contribution in [0.5, 0.6) is 0 Å². The van der Waals surface area contributed by atoms with Crippen LogP contribution in [0.2, 0.25) is 0 Å². The maximum absolute atomic E-state index is 12.6. The molecular formula is C17H22N4O2S. The first kappa shape index (κ1) is 16.8. The molecule has 1 saturated heterocycles. The van der Waals surface area contributed by atoms with Crippen LogP contribution in [-0.4, -0.2) is 45.6 Å². The van der Waals surface area contributed by atoms with Gasteiger partial charge in [-0.15, -0.1) is 10.2 Å². The second-order valence-electron chi connectivity index (χ2n) is 6.03. The van der Waals surface area contributed by atoms with Crippen LogP contribution < -0.4 is 5.32 Å². The number of rotatable bonds is 5. The standard InChI is InChI=1S/C17H22N4O2S/c1-12(2)16-20-19-15(23-16)11-18-14-5-3-4-13(10-14)17(22)21-6-8-24-9-7-21/h3-5,10,12,18H,6-9,11H2,1-2H3. The van der Waals surface area contributed by atoms with Gasteiger partial charge >= 0.3 is 0 Å². The maximum Gasteiger partial charge on any atom is 0.253 e. The topological polar surface area (TPSA) is 71.3 Å². The number of hydrogen-bond donors (Lipinski definition) is 1. The van der Waals surface area contributed by atoms with E-state index in [0.29, 0.717) is 23.9 Å². The summed E-state index contributed by atoms with van der Waals surface area (Å²) in [5.74, 6) is 3.52. The summed E-state index contributed by atoms with van der Waals surface area (Å²) in [6.07, 6.45) is 0. The molecule has 0 aliphatic carbocycles. The number of anilines is 1. The molecule has 7 heteroatoms. The van der Waals surface area contributed by atoms with Crippen LogP contribution in [0.15, 0.2) is 28.7 Å². The molecule has 0 spiro atoms. The van der Waals surface area contributed by atoms with E-state index < -0.39 is 0 Å². The minimum absolute atomic E-state index is 0.0961. The van der Waals surface area contributed by atoms with Crippen LogP contribution in [0.1, 0.15) is 41.9 Å². The van der Waals surface area contributed by atoms with Gasteiger partial charge in [-0.05, 0) is 18.2 Å². The zero-order valence-electron chi connectivity index (χ0n) is 14.0. The summed E-state index contributed by atoms with van der Waals surface area (Å²) in [5, 5.41) is 11.3. The van der Waals surface area contributed by atoms with Crippen molar-refractivity contribution in [1.29, 1.82) is 0 Å². The molecule has 2 heterocycles. The van der Waals surface area contributed by atoms with Gasteiger partial charge in [-0.2, -0.15) is 11.8 Å². The van der Waals surface area contributed by atoms with Crippen molar-refractivity contribution in [3.8, 4) is 0 Å². The van der Waals surface area contributed by atoms with Crippen LogP contribution in [0.25, 0.3) is 0 Å². The number of carbonyl (C=O) groups excluding carboxylic acids is 1. The molecule has 1 aromatic carbocycles. The van der Waals surface area contributed by atoms with Crippen LogP contribution in [0, 0.1) is 0 Å². The van der Waals surface area contributed by atoms with Gasteiger partial charge in [0.1, 0.15) is 0 Å². The second kappa shape index (κ2) is 7.70. The molecule has 2 aromatic rings. The number of nitrogens with zero attached hydrogens (tertiary/aromatic N) is 3. The molecule has 1 amide bonds. The lowest BCUT2D eigenvalue weighted by Gasteiger charge is -2.26. The van der Waals surface area contributed by atoms with E-state index in [1.54, 1.807) is 0 Å². The van der Waals surface area contributed by atoms with E-state index in [-0.39, 0.29) is 11.8 Å². The van der Waals surface area contributed by atoms with Crippen molar-refractivity contribution in [2.45, 2.75) is 26.3 Å². The van der Waals surface area contributed by atoms with Gasteiger partial charge in [0.2, 0.25) is 11.8 Å². The zero-order chi connectivity index (χ0) is 16.9. The first-order valence-electron chi connectivity index (χ1n) is 8.16. The average Bonchev–Trinajstić information content (AvgIpc) is 3.10. The molecule has 128 valence electrons. The SMILES string of the molecule is CC(C)c1nnc(CNc2cccc(C(=O)N3CCSCC3)c2)o1. The van der Waals surface area contributed by atoms with Crippen molar-refractivity contribution in [2.24, 2.45) is 0 Å². The summed E-state index contributed by atoms with van der Waals surface area (Å²) < 4.78 is 5.58. The fourth-order valence-corrected chi connectivity index (χ4v) is 3.36. The normalized spacial score (nSPS) is 14.9. The molecule has 0 radical (unpaired) electrons. The van der Waals surface area contributed by atoms with Gasteiger partial charge in [0.05, 0.1) is 6.54 Å². The molecule has 24 heavy (non-hydrogen) atoms. The summed E-state index contributed by atoms with van der Waals surface area (Å²) >= 11 is 1.89. The predicted molar refractivity (Wildman–Crippen MR) is 95.4 cm³/mol. The number of hydrogen-bond acceptors (Lipinski definition) is 6. The Balaban J connectivity index is 1.63. The molecule has 0 unspecified atom stereocenters. The lowest BCUT2D eigenvalue weighted by Crippen LogP contribution is -2.37. The van der Waals surface area contributed by atoms with E-state index in [9.17, 15) is 4.79 Å². The van der Waals surface area contributed by atoms with Crippen molar-refractivity contribution in [1.82, 2.24) is 15.1 Å². The summed E-state index contributed by atoms with van der Waals surface area (Å²) in [6, 6.07) is 7.56. The smallest absolute Gasteiger partial charge is 0.253 e. The van der Waals surface area contributed by atoms with Crippen LogP contribution >= 0.6 is 11.8 Å². The van der Waals surface area contributed by atoms with Gasteiger partial charge in [-0.3, -0.25) is 4.79 Å². The third-order valence-corrected chi connectivity index (χ3v) is 4.77. The van der Waals surface area contributed by atoms with E-state index in [2.05, 4.69) is 15.5 Å². The first-order valence-corrected chi connectivity index (χ1v) is 9.32. The maximum atomic E-state index is 12.6. The number of amides is 1. The van der Waals surface area contributed by atoms with Gasteiger partial charge in [0.15, 0.2) is 0 Å². The molecule has 1 aliphatic rings. The lowest BCUT2D eigenvalue weighted by molar-refractivity contribution is 0.0772. The van der Waals surface area contributed by atoms with Gasteiger partial charge in [0.25, 0.3) is 5.91 Å². The fourth-order valence-electron chi connectivity index (χ4n) is 2.46. The van der Waals surface area contributed by atoms with Gasteiger partial charge in [0, 0.05) is 41.8 Å². The van der Waals surface area contributed by atoms with E-state index >= 15 is 0 Å². The van der Waals surface area contributed by atoms with Gasteiger partial charge in [-0.25, -0.2) is 0 Å². The summed E-state index contributed by atoms with van der Waals surface area (Å²) in [7, 11) is 0. The molecule has 1 fully saturated rings. The number of nitrogens with one attached hydrogen (secondary N) is 1. The molecule has 0 bridgehead atoms. The highest BCUT2D eigenvalue weighted by Crippen LogP contribution is 2.17. The predicted octanol–water partition coefficient (Wildman–Crippen LogP) is 2.99. The number of thioether (sulfide) groups is 1. The molecule has 1 aliphatic heterocycles. The average molecular weight is 346 g/mol. The summed E-state index contributed by atoms with van der Waals surface area (Å²) in [6.45, 7) is 6.11. The summed E-state index contributed by atoms with van der Waals surface area (Å²) in [5.41, 5.74) is 1.58. The number of aromatic nitrogens is 2. The second-order valence-corrected chi connectivity index (χ2v) is 7.25. The third-order valence-electron chi connectivity index (χ3n) is 3.83. The third kappa shape index (κ3) is 4.08. The Bertz CT molecular complexity index is 695. The minimum atomic E-state index is 0.0961. The van der Waals surface area contributed by atoms with Crippen molar-refractivity contribution >= 4 is 23.4 Å². The molecule has 1 N–H and O–H groups in total. The Kier molecular flexibility index (Phi) is 5.40. The minimum Gasteiger partial charge on any atom is -0.423 e. The van der Waals surface area contributed by atoms with Crippen molar-refractivity contribution in [2.75, 3.05) is 29.9 Å². The van der Waals surface area contributed by atoms with Crippen molar-refractivity contribution in [3.63, 3.8) is 0 Å². The first-order chi connectivity index (χ1) is 11.6.